The summed E-state index contributed by atoms with van der Waals surface area (Å²) < 4.78 is 24.6. The quantitative estimate of drug-likeness (QED) is 0.806. The topological polar surface area (TPSA) is 49.0 Å². The normalized spacial score (nSPS) is 53.5. The summed E-state index contributed by atoms with van der Waals surface area (Å²) in [6, 6.07) is 0. The van der Waals surface area contributed by atoms with E-state index in [1.165, 1.54) is 0 Å². The number of rotatable bonds is 1. The summed E-state index contributed by atoms with van der Waals surface area (Å²) in [4.78, 5) is 0. The van der Waals surface area contributed by atoms with Crippen LogP contribution in [-0.4, -0.2) is 42.2 Å². The maximum atomic E-state index is 6.38. The average Bonchev–Trinajstić information content (AvgIpc) is 2.81. The van der Waals surface area contributed by atoms with Gasteiger partial charge in [-0.1, -0.05) is 13.8 Å². The number of hydrogen-bond donors (Lipinski definition) is 1. The molecule has 0 aromatic carbocycles. The zero-order chi connectivity index (χ0) is 16.6. The van der Waals surface area contributed by atoms with Crippen LogP contribution in [-0.2, 0) is 18.9 Å². The molecule has 3 aliphatic heterocycles. The number of fused-ring (bicyclic) bond motifs is 1. The van der Waals surface area contributed by atoms with Crippen LogP contribution in [0.15, 0.2) is 0 Å². The standard InChI is InChI=1S/C17H31NO4/c1-11-15(6,12-9-19-13(2,3)20-12)10-18-17(8)16(11,7)21-14(4,5)22-17/h11-12,18H,9-10H2,1-8H3. The van der Waals surface area contributed by atoms with Crippen LogP contribution in [0.25, 0.3) is 0 Å². The minimum atomic E-state index is -0.595. The SMILES string of the molecule is CC1C(C)(C2COC(C)(C)O2)CNC2(C)OC(C)(C)OC12C. The van der Waals surface area contributed by atoms with Gasteiger partial charge in [0.25, 0.3) is 0 Å². The van der Waals surface area contributed by atoms with Crippen LogP contribution in [0.5, 0.6) is 0 Å². The molecule has 5 unspecified atom stereocenters. The van der Waals surface area contributed by atoms with Crippen molar-refractivity contribution in [2.45, 2.75) is 84.4 Å². The molecule has 3 rings (SSSR count). The van der Waals surface area contributed by atoms with E-state index < -0.39 is 22.9 Å². The van der Waals surface area contributed by atoms with Crippen molar-refractivity contribution in [1.29, 1.82) is 0 Å². The van der Waals surface area contributed by atoms with Crippen LogP contribution in [0.1, 0.15) is 55.4 Å². The molecule has 22 heavy (non-hydrogen) atoms. The second kappa shape index (κ2) is 4.45. The van der Waals surface area contributed by atoms with E-state index in [-0.39, 0.29) is 17.4 Å². The largest absolute Gasteiger partial charge is 0.348 e. The van der Waals surface area contributed by atoms with E-state index in [1.54, 1.807) is 0 Å². The lowest BCUT2D eigenvalue weighted by atomic mass is 9.61. The summed E-state index contributed by atoms with van der Waals surface area (Å²) in [5.41, 5.74) is -1.02. The molecular formula is C17H31NO4. The molecule has 128 valence electrons. The van der Waals surface area contributed by atoms with E-state index in [4.69, 9.17) is 18.9 Å². The average molecular weight is 313 g/mol. The number of nitrogens with one attached hydrogen (secondary N) is 1. The molecular weight excluding hydrogens is 282 g/mol. The van der Waals surface area contributed by atoms with Crippen molar-refractivity contribution in [2.24, 2.45) is 11.3 Å². The summed E-state index contributed by atoms with van der Waals surface area (Å²) in [7, 11) is 0. The molecule has 0 aromatic rings. The predicted octanol–water partition coefficient (Wildman–Crippen LogP) is 2.64. The van der Waals surface area contributed by atoms with Crippen LogP contribution in [0.3, 0.4) is 0 Å². The molecule has 0 amide bonds. The zero-order valence-corrected chi connectivity index (χ0v) is 15.2. The molecule has 3 saturated heterocycles. The first-order valence-corrected chi connectivity index (χ1v) is 8.31. The highest BCUT2D eigenvalue weighted by Crippen LogP contribution is 2.56. The molecule has 5 atom stereocenters. The monoisotopic (exact) mass is 313 g/mol. The Bertz CT molecular complexity index is 479. The third-order valence-corrected chi connectivity index (χ3v) is 6.22. The van der Waals surface area contributed by atoms with Crippen LogP contribution in [0, 0.1) is 11.3 Å². The fourth-order valence-electron chi connectivity index (χ4n) is 4.48. The van der Waals surface area contributed by atoms with Crippen molar-refractivity contribution < 1.29 is 18.9 Å². The minimum absolute atomic E-state index is 0.0405. The molecule has 3 heterocycles. The molecule has 0 saturated carbocycles. The zero-order valence-electron chi connectivity index (χ0n) is 15.2. The van der Waals surface area contributed by atoms with Gasteiger partial charge in [0.2, 0.25) is 0 Å². The van der Waals surface area contributed by atoms with Gasteiger partial charge in [0.1, 0.15) is 11.3 Å². The smallest absolute Gasteiger partial charge is 0.166 e. The van der Waals surface area contributed by atoms with Gasteiger partial charge < -0.3 is 18.9 Å². The number of piperidine rings is 1. The van der Waals surface area contributed by atoms with Gasteiger partial charge in [-0.3, -0.25) is 5.32 Å². The van der Waals surface area contributed by atoms with Crippen LogP contribution in [0.2, 0.25) is 0 Å². The Kier molecular flexibility index (Phi) is 3.37. The lowest BCUT2D eigenvalue weighted by Crippen LogP contribution is -2.72. The van der Waals surface area contributed by atoms with Crippen LogP contribution < -0.4 is 5.32 Å². The van der Waals surface area contributed by atoms with Crippen molar-refractivity contribution in [3.63, 3.8) is 0 Å². The van der Waals surface area contributed by atoms with Gasteiger partial charge in [0.15, 0.2) is 11.6 Å². The van der Waals surface area contributed by atoms with Crippen molar-refractivity contribution in [3.8, 4) is 0 Å². The first-order chi connectivity index (χ1) is 9.84. The molecule has 0 aromatic heterocycles. The van der Waals surface area contributed by atoms with Gasteiger partial charge in [0, 0.05) is 12.0 Å². The first-order valence-electron chi connectivity index (χ1n) is 8.31. The van der Waals surface area contributed by atoms with Crippen molar-refractivity contribution in [1.82, 2.24) is 5.32 Å². The van der Waals surface area contributed by atoms with Crippen LogP contribution in [0.4, 0.5) is 0 Å². The molecule has 3 aliphatic rings. The van der Waals surface area contributed by atoms with E-state index in [9.17, 15) is 0 Å². The maximum absolute atomic E-state index is 6.38. The fourth-order valence-corrected chi connectivity index (χ4v) is 4.48. The summed E-state index contributed by atoms with van der Waals surface area (Å²) >= 11 is 0. The summed E-state index contributed by atoms with van der Waals surface area (Å²) in [6.45, 7) is 18.1. The van der Waals surface area contributed by atoms with E-state index in [0.717, 1.165) is 6.54 Å². The second-order valence-electron chi connectivity index (χ2n) is 8.64. The predicted molar refractivity (Wildman–Crippen MR) is 83.2 cm³/mol. The van der Waals surface area contributed by atoms with Gasteiger partial charge in [-0.25, -0.2) is 0 Å². The highest BCUT2D eigenvalue weighted by atomic mass is 16.8. The fraction of sp³-hybridized carbons (Fsp3) is 1.00. The molecule has 3 fully saturated rings. The number of ether oxygens (including phenoxy) is 4. The van der Waals surface area contributed by atoms with Gasteiger partial charge in [-0.15, -0.1) is 0 Å². The van der Waals surface area contributed by atoms with E-state index in [2.05, 4.69) is 33.0 Å². The molecule has 0 aliphatic carbocycles. The van der Waals surface area contributed by atoms with E-state index in [0.29, 0.717) is 6.61 Å². The Morgan fingerprint density at radius 1 is 0.909 bits per heavy atom. The molecule has 0 radical (unpaired) electrons. The van der Waals surface area contributed by atoms with Crippen LogP contribution >= 0.6 is 0 Å². The highest BCUT2D eigenvalue weighted by molar-refractivity contribution is 5.14. The Labute approximate surface area is 134 Å². The van der Waals surface area contributed by atoms with E-state index >= 15 is 0 Å². The third-order valence-electron chi connectivity index (χ3n) is 6.22. The summed E-state index contributed by atoms with van der Waals surface area (Å²) in [5.74, 6) is -0.862. The van der Waals surface area contributed by atoms with Crippen molar-refractivity contribution in [2.75, 3.05) is 13.2 Å². The van der Waals surface area contributed by atoms with Gasteiger partial charge in [-0.05, 0) is 47.5 Å². The molecule has 1 N–H and O–H groups in total. The number of hydrogen-bond acceptors (Lipinski definition) is 5. The molecule has 0 bridgehead atoms. The Hall–Kier alpha value is -0.200. The second-order valence-corrected chi connectivity index (χ2v) is 8.64. The Morgan fingerprint density at radius 3 is 2.09 bits per heavy atom. The third kappa shape index (κ3) is 2.17. The van der Waals surface area contributed by atoms with Gasteiger partial charge in [0.05, 0.1) is 12.7 Å². The Morgan fingerprint density at radius 2 is 1.55 bits per heavy atom. The van der Waals surface area contributed by atoms with Crippen molar-refractivity contribution >= 4 is 0 Å². The lowest BCUT2D eigenvalue weighted by Gasteiger charge is -2.56. The Balaban J connectivity index is 1.92. The summed E-state index contributed by atoms with van der Waals surface area (Å²) in [5, 5.41) is 3.60. The molecule has 0 spiro atoms. The summed E-state index contributed by atoms with van der Waals surface area (Å²) in [6.07, 6.45) is 0.0405. The van der Waals surface area contributed by atoms with Gasteiger partial charge in [-0.2, -0.15) is 0 Å². The van der Waals surface area contributed by atoms with E-state index in [1.807, 2.05) is 27.7 Å². The molecule has 5 heteroatoms. The maximum Gasteiger partial charge on any atom is 0.166 e. The lowest BCUT2D eigenvalue weighted by molar-refractivity contribution is -0.204. The van der Waals surface area contributed by atoms with Gasteiger partial charge >= 0.3 is 0 Å². The minimum Gasteiger partial charge on any atom is -0.348 e. The van der Waals surface area contributed by atoms with Crippen molar-refractivity contribution in [3.05, 3.63) is 0 Å². The molecule has 5 nitrogen and oxygen atoms in total. The highest BCUT2D eigenvalue weighted by Gasteiger charge is 2.68. The first kappa shape index (κ1) is 16.7.